The molecule has 2 aromatic rings. The molecule has 3 rings (SSSR count). The highest BCUT2D eigenvalue weighted by atomic mass is 16.5. The zero-order valence-corrected chi connectivity index (χ0v) is 14.8. The molecule has 5 nitrogen and oxygen atoms in total. The highest BCUT2D eigenvalue weighted by molar-refractivity contribution is 6.02. The first-order chi connectivity index (χ1) is 12.7. The third-order valence-corrected chi connectivity index (χ3v) is 4.08. The molecule has 2 aromatic carbocycles. The molecular formula is C21H23NO4. The van der Waals surface area contributed by atoms with E-state index in [1.54, 1.807) is 13.2 Å². The van der Waals surface area contributed by atoms with E-state index in [0.717, 1.165) is 36.5 Å². The van der Waals surface area contributed by atoms with Gasteiger partial charge in [0, 0.05) is 24.4 Å². The summed E-state index contributed by atoms with van der Waals surface area (Å²) in [5.74, 6) is 1.27. The Morgan fingerprint density at radius 3 is 2.88 bits per heavy atom. The molecule has 1 unspecified atom stereocenters. The number of hydrogen-bond donors (Lipinski definition) is 1. The van der Waals surface area contributed by atoms with E-state index in [4.69, 9.17) is 14.2 Å². The van der Waals surface area contributed by atoms with Crippen LogP contribution in [0.1, 0.15) is 18.4 Å². The molecule has 1 saturated heterocycles. The quantitative estimate of drug-likeness (QED) is 0.767. The molecule has 0 spiro atoms. The van der Waals surface area contributed by atoms with Gasteiger partial charge in [-0.15, -0.1) is 0 Å². The van der Waals surface area contributed by atoms with Crippen LogP contribution < -0.4 is 14.8 Å². The molecule has 1 fully saturated rings. The molecule has 1 aliphatic heterocycles. The van der Waals surface area contributed by atoms with Crippen molar-refractivity contribution >= 4 is 17.7 Å². The maximum Gasteiger partial charge on any atom is 0.248 e. The molecule has 1 aliphatic rings. The highest BCUT2D eigenvalue weighted by Crippen LogP contribution is 2.20. The fourth-order valence-corrected chi connectivity index (χ4v) is 2.73. The molecule has 0 aliphatic carbocycles. The van der Waals surface area contributed by atoms with Crippen molar-refractivity contribution < 1.29 is 19.0 Å². The van der Waals surface area contributed by atoms with Gasteiger partial charge in [-0.25, -0.2) is 0 Å². The predicted molar refractivity (Wildman–Crippen MR) is 102 cm³/mol. The maximum atomic E-state index is 12.1. The third-order valence-electron chi connectivity index (χ3n) is 4.08. The first kappa shape index (κ1) is 18.0. The van der Waals surface area contributed by atoms with Crippen molar-refractivity contribution in [2.45, 2.75) is 18.9 Å². The van der Waals surface area contributed by atoms with Crippen LogP contribution in [0.15, 0.2) is 54.6 Å². The Balaban J connectivity index is 1.54. The van der Waals surface area contributed by atoms with Crippen molar-refractivity contribution in [3.8, 4) is 11.5 Å². The van der Waals surface area contributed by atoms with E-state index in [2.05, 4.69) is 5.32 Å². The lowest BCUT2D eigenvalue weighted by atomic mass is 10.2. The van der Waals surface area contributed by atoms with Crippen LogP contribution in [0, 0.1) is 0 Å². The molecule has 5 heteroatoms. The van der Waals surface area contributed by atoms with Crippen molar-refractivity contribution in [2.24, 2.45) is 0 Å². The number of hydrogen-bond acceptors (Lipinski definition) is 4. The Kier molecular flexibility index (Phi) is 6.28. The SMILES string of the molecule is COc1cccc(/C=C/C(=O)Nc2cccc(OCC3CCCO3)c2)c1. The van der Waals surface area contributed by atoms with E-state index in [9.17, 15) is 4.79 Å². The molecule has 1 amide bonds. The molecule has 0 radical (unpaired) electrons. The summed E-state index contributed by atoms with van der Waals surface area (Å²) in [6.45, 7) is 1.34. The summed E-state index contributed by atoms with van der Waals surface area (Å²) >= 11 is 0. The fourth-order valence-electron chi connectivity index (χ4n) is 2.73. The van der Waals surface area contributed by atoms with Crippen molar-refractivity contribution in [1.29, 1.82) is 0 Å². The first-order valence-corrected chi connectivity index (χ1v) is 8.70. The number of nitrogens with one attached hydrogen (secondary N) is 1. The highest BCUT2D eigenvalue weighted by Gasteiger charge is 2.16. The molecule has 136 valence electrons. The average Bonchev–Trinajstić information content (AvgIpc) is 3.19. The largest absolute Gasteiger partial charge is 0.497 e. The van der Waals surface area contributed by atoms with Gasteiger partial charge in [0.1, 0.15) is 18.1 Å². The Hall–Kier alpha value is -2.79. The minimum atomic E-state index is -0.205. The third kappa shape index (κ3) is 5.36. The van der Waals surface area contributed by atoms with Crippen LogP contribution in [-0.4, -0.2) is 32.3 Å². The fraction of sp³-hybridized carbons (Fsp3) is 0.286. The second-order valence-corrected chi connectivity index (χ2v) is 6.07. The van der Waals surface area contributed by atoms with Crippen LogP contribution in [0.5, 0.6) is 11.5 Å². The van der Waals surface area contributed by atoms with E-state index >= 15 is 0 Å². The summed E-state index contributed by atoms with van der Waals surface area (Å²) in [6.07, 6.45) is 5.53. The van der Waals surface area contributed by atoms with Crippen molar-refractivity contribution in [2.75, 3.05) is 25.6 Å². The number of rotatable bonds is 7. The van der Waals surface area contributed by atoms with Gasteiger partial charge in [-0.1, -0.05) is 18.2 Å². The second kappa shape index (κ2) is 9.06. The molecular weight excluding hydrogens is 330 g/mol. The summed E-state index contributed by atoms with van der Waals surface area (Å²) in [7, 11) is 1.61. The minimum Gasteiger partial charge on any atom is -0.497 e. The molecule has 26 heavy (non-hydrogen) atoms. The van der Waals surface area contributed by atoms with Gasteiger partial charge in [-0.2, -0.15) is 0 Å². The summed E-state index contributed by atoms with van der Waals surface area (Å²) in [4.78, 5) is 12.1. The van der Waals surface area contributed by atoms with Crippen LogP contribution in [0.3, 0.4) is 0 Å². The number of anilines is 1. The second-order valence-electron chi connectivity index (χ2n) is 6.07. The van der Waals surface area contributed by atoms with Crippen molar-refractivity contribution in [1.82, 2.24) is 0 Å². The summed E-state index contributed by atoms with van der Waals surface area (Å²) < 4.78 is 16.5. The Morgan fingerprint density at radius 1 is 1.23 bits per heavy atom. The van der Waals surface area contributed by atoms with Crippen LogP contribution in [0.2, 0.25) is 0 Å². The molecule has 1 atom stereocenters. The average molecular weight is 353 g/mol. The number of ether oxygens (including phenoxy) is 3. The van der Waals surface area contributed by atoms with Crippen LogP contribution >= 0.6 is 0 Å². The molecule has 1 N–H and O–H groups in total. The van der Waals surface area contributed by atoms with Gasteiger partial charge in [0.2, 0.25) is 5.91 Å². The first-order valence-electron chi connectivity index (χ1n) is 8.70. The van der Waals surface area contributed by atoms with Gasteiger partial charge in [0.15, 0.2) is 0 Å². The van der Waals surface area contributed by atoms with Crippen LogP contribution in [0.25, 0.3) is 6.08 Å². The van der Waals surface area contributed by atoms with E-state index in [-0.39, 0.29) is 12.0 Å². The topological polar surface area (TPSA) is 56.8 Å². The molecule has 0 bridgehead atoms. The van der Waals surface area contributed by atoms with Crippen LogP contribution in [-0.2, 0) is 9.53 Å². The van der Waals surface area contributed by atoms with Gasteiger partial charge in [0.25, 0.3) is 0 Å². The van der Waals surface area contributed by atoms with Crippen LogP contribution in [0.4, 0.5) is 5.69 Å². The van der Waals surface area contributed by atoms with Gasteiger partial charge in [-0.05, 0) is 48.7 Å². The smallest absolute Gasteiger partial charge is 0.248 e. The number of carbonyl (C=O) groups excluding carboxylic acids is 1. The van der Waals surface area contributed by atoms with E-state index in [1.165, 1.54) is 6.08 Å². The molecule has 1 heterocycles. The van der Waals surface area contributed by atoms with Gasteiger partial charge in [-0.3, -0.25) is 4.79 Å². The van der Waals surface area contributed by atoms with Crippen molar-refractivity contribution in [3.63, 3.8) is 0 Å². The monoisotopic (exact) mass is 353 g/mol. The van der Waals surface area contributed by atoms with Gasteiger partial charge in [0.05, 0.1) is 13.2 Å². The molecule has 0 saturated carbocycles. The lowest BCUT2D eigenvalue weighted by Gasteiger charge is -2.12. The Bertz CT molecular complexity index is 766. The lowest BCUT2D eigenvalue weighted by molar-refractivity contribution is -0.111. The van der Waals surface area contributed by atoms with Gasteiger partial charge < -0.3 is 19.5 Å². The molecule has 0 aromatic heterocycles. The maximum absolute atomic E-state index is 12.1. The summed E-state index contributed by atoms with van der Waals surface area (Å²) in [5.41, 5.74) is 1.59. The summed E-state index contributed by atoms with van der Waals surface area (Å²) in [5, 5.41) is 2.84. The zero-order chi connectivity index (χ0) is 18.2. The van der Waals surface area contributed by atoms with E-state index in [1.807, 2.05) is 48.5 Å². The predicted octanol–water partition coefficient (Wildman–Crippen LogP) is 3.90. The number of benzene rings is 2. The lowest BCUT2D eigenvalue weighted by Crippen LogP contribution is -2.16. The minimum absolute atomic E-state index is 0.166. The Labute approximate surface area is 153 Å². The zero-order valence-electron chi connectivity index (χ0n) is 14.8. The van der Waals surface area contributed by atoms with E-state index in [0.29, 0.717) is 12.3 Å². The number of amides is 1. The number of carbonyl (C=O) groups is 1. The standard InChI is InChI=1S/C21H23NO4/c1-24-18-7-2-5-16(13-18)10-11-21(23)22-17-6-3-8-19(14-17)26-15-20-9-4-12-25-20/h2-3,5-8,10-11,13-14,20H,4,9,12,15H2,1H3,(H,22,23)/b11-10+. The normalized spacial score (nSPS) is 16.6. The van der Waals surface area contributed by atoms with E-state index < -0.39 is 0 Å². The van der Waals surface area contributed by atoms with Gasteiger partial charge >= 0.3 is 0 Å². The van der Waals surface area contributed by atoms with Crippen molar-refractivity contribution in [3.05, 3.63) is 60.2 Å². The number of methoxy groups -OCH3 is 1. The Morgan fingerprint density at radius 2 is 2.08 bits per heavy atom. The summed E-state index contributed by atoms with van der Waals surface area (Å²) in [6, 6.07) is 14.9.